The molecule has 7 nitrogen and oxygen atoms in total. The van der Waals surface area contributed by atoms with Crippen LogP contribution in [-0.4, -0.2) is 57.3 Å². The van der Waals surface area contributed by atoms with Crippen LogP contribution in [0.3, 0.4) is 0 Å². The molecule has 3 aromatic rings. The number of hydrogen-bond donors (Lipinski definition) is 1. The van der Waals surface area contributed by atoms with E-state index in [1.807, 2.05) is 30.9 Å². The average Bonchev–Trinajstić information content (AvgIpc) is 3.08. The second-order valence-corrected chi connectivity index (χ2v) is 7.40. The van der Waals surface area contributed by atoms with Crippen LogP contribution < -0.4 is 4.90 Å². The van der Waals surface area contributed by atoms with Crippen LogP contribution in [0, 0.1) is 25.5 Å². The zero-order valence-electron chi connectivity index (χ0n) is 16.8. The van der Waals surface area contributed by atoms with Gasteiger partial charge in [-0.2, -0.15) is 10.1 Å². The van der Waals surface area contributed by atoms with Gasteiger partial charge in [0, 0.05) is 31.3 Å². The monoisotopic (exact) mass is 415 g/mol. The van der Waals surface area contributed by atoms with Gasteiger partial charge in [-0.15, -0.1) is 0 Å². The molecule has 1 saturated heterocycles. The highest BCUT2D eigenvalue weighted by Crippen LogP contribution is 2.21. The van der Waals surface area contributed by atoms with E-state index in [9.17, 15) is 13.9 Å². The quantitative estimate of drug-likeness (QED) is 0.690. The van der Waals surface area contributed by atoms with Crippen LogP contribution in [-0.2, 0) is 11.2 Å². The molecular weight excluding hydrogens is 392 g/mol. The number of aliphatic hydroxyl groups is 1. The second kappa shape index (κ2) is 8.45. The number of halogens is 2. The lowest BCUT2D eigenvalue weighted by Gasteiger charge is -2.33. The fraction of sp³-hybridized carbons (Fsp3) is 0.381. The molecule has 9 heteroatoms. The summed E-state index contributed by atoms with van der Waals surface area (Å²) in [7, 11) is 0. The summed E-state index contributed by atoms with van der Waals surface area (Å²) in [5, 5.41) is 13.9. The van der Waals surface area contributed by atoms with Crippen molar-refractivity contribution in [2.45, 2.75) is 26.4 Å². The minimum atomic E-state index is -0.889. The Hall–Kier alpha value is -2.91. The number of rotatable bonds is 5. The van der Waals surface area contributed by atoms with E-state index in [1.54, 1.807) is 10.7 Å². The van der Waals surface area contributed by atoms with Crippen LogP contribution in [0.15, 0.2) is 30.3 Å². The molecule has 1 atom stereocenters. The third kappa shape index (κ3) is 4.31. The Bertz CT molecular complexity index is 1060. The van der Waals surface area contributed by atoms with Gasteiger partial charge in [0.1, 0.15) is 5.82 Å². The first-order chi connectivity index (χ1) is 14.4. The van der Waals surface area contributed by atoms with Crippen molar-refractivity contribution in [2.75, 3.05) is 31.2 Å². The summed E-state index contributed by atoms with van der Waals surface area (Å²) in [5.41, 5.74) is 2.99. The van der Waals surface area contributed by atoms with Gasteiger partial charge >= 0.3 is 0 Å². The lowest BCUT2D eigenvalue weighted by Crippen LogP contribution is -2.44. The Morgan fingerprint density at radius 1 is 1.13 bits per heavy atom. The SMILES string of the molecule is Cc1cc(C)n(-c2nc(Cc3ccc(F)c(F)c3)cc(N3CCO[C@H](CO)C3)n2)n1. The molecule has 1 aliphatic rings. The van der Waals surface area contributed by atoms with Gasteiger partial charge in [0.05, 0.1) is 30.7 Å². The van der Waals surface area contributed by atoms with Gasteiger partial charge < -0.3 is 14.7 Å². The first-order valence-electron chi connectivity index (χ1n) is 9.76. The highest BCUT2D eigenvalue weighted by Gasteiger charge is 2.22. The number of hydrogen-bond acceptors (Lipinski definition) is 6. The lowest BCUT2D eigenvalue weighted by molar-refractivity contribution is 0.00335. The lowest BCUT2D eigenvalue weighted by atomic mass is 10.1. The molecule has 2 aromatic heterocycles. The normalized spacial score (nSPS) is 16.8. The summed E-state index contributed by atoms with van der Waals surface area (Å²) in [6, 6.07) is 7.59. The van der Waals surface area contributed by atoms with Crippen LogP contribution in [0.1, 0.15) is 22.6 Å². The van der Waals surface area contributed by atoms with E-state index < -0.39 is 11.6 Å². The molecule has 1 N–H and O–H groups in total. The van der Waals surface area contributed by atoms with Gasteiger partial charge in [-0.05, 0) is 37.6 Å². The van der Waals surface area contributed by atoms with Crippen molar-refractivity contribution in [3.8, 4) is 5.95 Å². The highest BCUT2D eigenvalue weighted by atomic mass is 19.2. The van der Waals surface area contributed by atoms with E-state index in [-0.39, 0.29) is 12.7 Å². The number of aliphatic hydroxyl groups excluding tert-OH is 1. The zero-order chi connectivity index (χ0) is 21.3. The third-order valence-electron chi connectivity index (χ3n) is 4.99. The molecule has 0 saturated carbocycles. The van der Waals surface area contributed by atoms with Gasteiger partial charge in [-0.3, -0.25) is 0 Å². The average molecular weight is 415 g/mol. The molecule has 0 spiro atoms. The number of benzene rings is 1. The molecule has 0 radical (unpaired) electrons. The van der Waals surface area contributed by atoms with E-state index in [1.165, 1.54) is 6.07 Å². The van der Waals surface area contributed by atoms with Crippen LogP contribution in [0.25, 0.3) is 5.95 Å². The highest BCUT2D eigenvalue weighted by molar-refractivity contribution is 5.44. The number of anilines is 1. The summed E-state index contributed by atoms with van der Waals surface area (Å²) < 4.78 is 34.2. The number of morpholine rings is 1. The number of nitrogens with zero attached hydrogens (tertiary/aromatic N) is 5. The van der Waals surface area contributed by atoms with Gasteiger partial charge in [-0.1, -0.05) is 6.07 Å². The molecule has 1 fully saturated rings. The van der Waals surface area contributed by atoms with E-state index >= 15 is 0 Å². The predicted octanol–water partition coefficient (Wildman–Crippen LogP) is 2.35. The van der Waals surface area contributed by atoms with Gasteiger partial charge in [0.25, 0.3) is 5.95 Å². The first kappa shape index (κ1) is 20.4. The van der Waals surface area contributed by atoms with Crippen LogP contribution in [0.2, 0.25) is 0 Å². The smallest absolute Gasteiger partial charge is 0.252 e. The minimum Gasteiger partial charge on any atom is -0.394 e. The predicted molar refractivity (Wildman–Crippen MR) is 107 cm³/mol. The summed E-state index contributed by atoms with van der Waals surface area (Å²) in [4.78, 5) is 11.3. The standard InChI is InChI=1S/C21H23F2N5O2/c1-13-7-14(2)28(26-13)21-24-16(8-15-3-4-18(22)19(23)9-15)10-20(25-21)27-5-6-30-17(11-27)12-29/h3-4,7,9-10,17,29H,5-6,8,11-12H2,1-2H3/t17-/m0/s1. The number of aromatic nitrogens is 4. The second-order valence-electron chi connectivity index (χ2n) is 7.40. The zero-order valence-corrected chi connectivity index (χ0v) is 16.8. The van der Waals surface area contributed by atoms with Gasteiger partial charge in [0.15, 0.2) is 11.6 Å². The molecule has 0 aliphatic carbocycles. The summed E-state index contributed by atoms with van der Waals surface area (Å²) in [6.45, 7) is 5.32. The number of ether oxygens (including phenoxy) is 1. The summed E-state index contributed by atoms with van der Waals surface area (Å²) >= 11 is 0. The maximum Gasteiger partial charge on any atom is 0.252 e. The Kier molecular flexibility index (Phi) is 5.74. The van der Waals surface area contributed by atoms with Crippen molar-refractivity contribution in [1.29, 1.82) is 0 Å². The summed E-state index contributed by atoms with van der Waals surface area (Å²) in [5.74, 6) is -0.692. The van der Waals surface area contributed by atoms with E-state index in [4.69, 9.17) is 4.74 Å². The van der Waals surface area contributed by atoms with Crippen LogP contribution in [0.5, 0.6) is 0 Å². The van der Waals surface area contributed by atoms with E-state index in [2.05, 4.69) is 15.1 Å². The van der Waals surface area contributed by atoms with Crippen LogP contribution in [0.4, 0.5) is 14.6 Å². The Morgan fingerprint density at radius 3 is 2.67 bits per heavy atom. The van der Waals surface area contributed by atoms with E-state index in [0.29, 0.717) is 49.1 Å². The Morgan fingerprint density at radius 2 is 1.97 bits per heavy atom. The van der Waals surface area contributed by atoms with Crippen molar-refractivity contribution in [3.05, 3.63) is 64.6 Å². The largest absolute Gasteiger partial charge is 0.394 e. The molecule has 30 heavy (non-hydrogen) atoms. The van der Waals surface area contributed by atoms with Crippen molar-refractivity contribution in [2.24, 2.45) is 0 Å². The molecule has 158 valence electrons. The molecule has 1 aliphatic heterocycles. The fourth-order valence-corrected chi connectivity index (χ4v) is 3.54. The fourth-order valence-electron chi connectivity index (χ4n) is 3.54. The Balaban J connectivity index is 1.73. The summed E-state index contributed by atoms with van der Waals surface area (Å²) in [6.07, 6.45) is 0.0211. The van der Waals surface area contributed by atoms with Crippen molar-refractivity contribution >= 4 is 5.82 Å². The minimum absolute atomic E-state index is 0.0758. The van der Waals surface area contributed by atoms with Crippen molar-refractivity contribution < 1.29 is 18.6 Å². The topological polar surface area (TPSA) is 76.3 Å². The third-order valence-corrected chi connectivity index (χ3v) is 4.99. The molecule has 1 aromatic carbocycles. The molecule has 0 amide bonds. The molecular formula is C21H23F2N5O2. The first-order valence-corrected chi connectivity index (χ1v) is 9.76. The van der Waals surface area contributed by atoms with Gasteiger partial charge in [-0.25, -0.2) is 18.4 Å². The molecule has 3 heterocycles. The molecule has 4 rings (SSSR count). The van der Waals surface area contributed by atoms with E-state index in [0.717, 1.165) is 17.5 Å². The molecule has 0 unspecified atom stereocenters. The number of aryl methyl sites for hydroxylation is 2. The molecule has 0 bridgehead atoms. The maximum absolute atomic E-state index is 13.7. The van der Waals surface area contributed by atoms with Crippen LogP contribution >= 0.6 is 0 Å². The Labute approximate surface area is 173 Å². The van der Waals surface area contributed by atoms with Crippen molar-refractivity contribution in [1.82, 2.24) is 19.7 Å². The van der Waals surface area contributed by atoms with Crippen molar-refractivity contribution in [3.63, 3.8) is 0 Å². The van der Waals surface area contributed by atoms with Gasteiger partial charge in [0.2, 0.25) is 0 Å². The maximum atomic E-state index is 13.7.